The third kappa shape index (κ3) is 1.74. The van der Waals surface area contributed by atoms with Gasteiger partial charge >= 0.3 is 0 Å². The van der Waals surface area contributed by atoms with Crippen molar-refractivity contribution in [2.45, 2.75) is 26.2 Å². The Hall–Kier alpha value is -1.95. The lowest BCUT2D eigenvalue weighted by molar-refractivity contribution is 0.547. The molecule has 0 saturated carbocycles. The van der Waals surface area contributed by atoms with Crippen molar-refractivity contribution in [2.75, 3.05) is 0 Å². The molecule has 1 aromatic carbocycles. The zero-order valence-corrected chi connectivity index (χ0v) is 9.65. The second-order valence-corrected chi connectivity index (χ2v) is 4.77. The molecule has 0 bridgehead atoms. The first-order valence-corrected chi connectivity index (χ1v) is 5.20. The van der Waals surface area contributed by atoms with Crippen molar-refractivity contribution in [3.05, 3.63) is 35.8 Å². The van der Waals surface area contributed by atoms with E-state index in [0.717, 1.165) is 10.9 Å². The molecule has 0 aliphatic heterocycles. The third-order valence-electron chi connectivity index (χ3n) is 2.38. The van der Waals surface area contributed by atoms with Gasteiger partial charge in [-0.2, -0.15) is 5.26 Å². The summed E-state index contributed by atoms with van der Waals surface area (Å²) in [7, 11) is 0. The Kier molecular flexibility index (Phi) is 2.35. The van der Waals surface area contributed by atoms with Gasteiger partial charge < -0.3 is 0 Å². The van der Waals surface area contributed by atoms with Gasteiger partial charge in [0.25, 0.3) is 0 Å². The summed E-state index contributed by atoms with van der Waals surface area (Å²) in [6, 6.07) is 9.73. The fourth-order valence-corrected chi connectivity index (χ4v) is 1.50. The predicted molar refractivity (Wildman–Crippen MR) is 63.0 cm³/mol. The van der Waals surface area contributed by atoms with Crippen molar-refractivity contribution >= 4 is 10.9 Å². The Morgan fingerprint density at radius 3 is 2.44 bits per heavy atom. The molecule has 80 valence electrons. The van der Waals surface area contributed by atoms with Gasteiger partial charge in [-0.25, -0.2) is 9.97 Å². The highest BCUT2D eigenvalue weighted by Crippen LogP contribution is 2.22. The van der Waals surface area contributed by atoms with Crippen LogP contribution in [-0.4, -0.2) is 9.97 Å². The van der Waals surface area contributed by atoms with E-state index in [0.29, 0.717) is 11.5 Å². The first kappa shape index (κ1) is 10.6. The minimum atomic E-state index is -0.143. The average molecular weight is 211 g/mol. The molecule has 0 aliphatic rings. The minimum absolute atomic E-state index is 0.143. The standard InChI is InChI=1S/C13H13N3/c1-13(2,3)12-15-10-7-5-4-6-9(10)11(8-14)16-12/h4-7H,1-3H3. The van der Waals surface area contributed by atoms with E-state index in [2.05, 4.69) is 16.0 Å². The van der Waals surface area contributed by atoms with Crippen molar-refractivity contribution < 1.29 is 0 Å². The number of hydrogen-bond donors (Lipinski definition) is 0. The summed E-state index contributed by atoms with van der Waals surface area (Å²) in [6.45, 7) is 6.12. The number of nitriles is 1. The molecule has 0 atom stereocenters. The number of fused-ring (bicyclic) bond motifs is 1. The van der Waals surface area contributed by atoms with Gasteiger partial charge in [-0.3, -0.25) is 0 Å². The van der Waals surface area contributed by atoms with Crippen molar-refractivity contribution in [1.82, 2.24) is 9.97 Å². The topological polar surface area (TPSA) is 49.6 Å². The number of hydrogen-bond acceptors (Lipinski definition) is 3. The SMILES string of the molecule is CC(C)(C)c1nc(C#N)c2ccccc2n1. The number of benzene rings is 1. The maximum Gasteiger partial charge on any atom is 0.152 e. The summed E-state index contributed by atoms with van der Waals surface area (Å²) in [5, 5.41) is 9.90. The Balaban J connectivity index is 2.80. The van der Waals surface area contributed by atoms with Crippen LogP contribution in [0.4, 0.5) is 0 Å². The largest absolute Gasteiger partial charge is 0.232 e. The maximum absolute atomic E-state index is 9.09. The molecule has 2 rings (SSSR count). The van der Waals surface area contributed by atoms with Crippen LogP contribution < -0.4 is 0 Å². The smallest absolute Gasteiger partial charge is 0.152 e. The van der Waals surface area contributed by atoms with E-state index in [1.807, 2.05) is 45.0 Å². The van der Waals surface area contributed by atoms with Gasteiger partial charge in [0.05, 0.1) is 5.52 Å². The van der Waals surface area contributed by atoms with E-state index in [1.165, 1.54) is 0 Å². The van der Waals surface area contributed by atoms with E-state index in [-0.39, 0.29) is 5.41 Å². The molecule has 0 amide bonds. The van der Waals surface area contributed by atoms with E-state index in [1.54, 1.807) is 0 Å². The van der Waals surface area contributed by atoms with Crippen molar-refractivity contribution in [2.24, 2.45) is 0 Å². The van der Waals surface area contributed by atoms with Gasteiger partial charge in [-0.05, 0) is 12.1 Å². The molecule has 0 aliphatic carbocycles. The normalized spacial score (nSPS) is 11.4. The van der Waals surface area contributed by atoms with Crippen LogP contribution in [0.3, 0.4) is 0 Å². The predicted octanol–water partition coefficient (Wildman–Crippen LogP) is 2.80. The second kappa shape index (κ2) is 3.57. The molecule has 1 aromatic heterocycles. The maximum atomic E-state index is 9.09. The number of rotatable bonds is 0. The lowest BCUT2D eigenvalue weighted by Gasteiger charge is -2.17. The van der Waals surface area contributed by atoms with Crippen molar-refractivity contribution in [3.8, 4) is 6.07 Å². The van der Waals surface area contributed by atoms with E-state index in [9.17, 15) is 0 Å². The first-order chi connectivity index (χ1) is 7.52. The zero-order valence-electron chi connectivity index (χ0n) is 9.65. The van der Waals surface area contributed by atoms with Crippen LogP contribution in [0.15, 0.2) is 24.3 Å². The van der Waals surface area contributed by atoms with Crippen LogP contribution in [0.25, 0.3) is 10.9 Å². The molecule has 0 N–H and O–H groups in total. The van der Waals surface area contributed by atoms with Gasteiger partial charge in [-0.1, -0.05) is 32.9 Å². The molecule has 0 spiro atoms. The highest BCUT2D eigenvalue weighted by molar-refractivity contribution is 5.83. The average Bonchev–Trinajstić information content (AvgIpc) is 2.26. The van der Waals surface area contributed by atoms with Gasteiger partial charge in [0.1, 0.15) is 11.9 Å². The molecule has 3 nitrogen and oxygen atoms in total. The van der Waals surface area contributed by atoms with Crippen LogP contribution in [0.1, 0.15) is 32.3 Å². The highest BCUT2D eigenvalue weighted by Gasteiger charge is 2.19. The molecule has 0 saturated heterocycles. The summed E-state index contributed by atoms with van der Waals surface area (Å²) in [5.41, 5.74) is 1.14. The highest BCUT2D eigenvalue weighted by atomic mass is 14.9. The first-order valence-electron chi connectivity index (χ1n) is 5.20. The molecular weight excluding hydrogens is 198 g/mol. The molecule has 2 aromatic rings. The molecule has 16 heavy (non-hydrogen) atoms. The molecule has 0 fully saturated rings. The zero-order chi connectivity index (χ0) is 11.8. The number of para-hydroxylation sites is 1. The van der Waals surface area contributed by atoms with Crippen LogP contribution in [0.2, 0.25) is 0 Å². The summed E-state index contributed by atoms with van der Waals surface area (Å²) >= 11 is 0. The molecule has 3 heteroatoms. The summed E-state index contributed by atoms with van der Waals surface area (Å²) in [6.07, 6.45) is 0. The second-order valence-electron chi connectivity index (χ2n) is 4.77. The van der Waals surface area contributed by atoms with Gasteiger partial charge in [0.15, 0.2) is 5.69 Å². The Morgan fingerprint density at radius 2 is 1.81 bits per heavy atom. The van der Waals surface area contributed by atoms with Gasteiger partial charge in [-0.15, -0.1) is 0 Å². The van der Waals surface area contributed by atoms with Crippen LogP contribution in [0, 0.1) is 11.3 Å². The summed E-state index contributed by atoms with van der Waals surface area (Å²) in [4.78, 5) is 8.81. The lowest BCUT2D eigenvalue weighted by atomic mass is 9.95. The quantitative estimate of drug-likeness (QED) is 0.673. The van der Waals surface area contributed by atoms with Crippen molar-refractivity contribution in [1.29, 1.82) is 5.26 Å². The number of aromatic nitrogens is 2. The van der Waals surface area contributed by atoms with Gasteiger partial charge in [0.2, 0.25) is 0 Å². The fourth-order valence-electron chi connectivity index (χ4n) is 1.50. The van der Waals surface area contributed by atoms with Crippen molar-refractivity contribution in [3.63, 3.8) is 0 Å². The lowest BCUT2D eigenvalue weighted by Crippen LogP contribution is -2.16. The fraction of sp³-hybridized carbons (Fsp3) is 0.308. The van der Waals surface area contributed by atoms with Gasteiger partial charge in [0, 0.05) is 10.8 Å². The number of nitrogens with zero attached hydrogens (tertiary/aromatic N) is 3. The van der Waals surface area contributed by atoms with E-state index >= 15 is 0 Å². The van der Waals surface area contributed by atoms with Crippen LogP contribution in [0.5, 0.6) is 0 Å². The molecule has 0 radical (unpaired) electrons. The monoisotopic (exact) mass is 211 g/mol. The summed E-state index contributed by atoms with van der Waals surface area (Å²) < 4.78 is 0. The molecule has 0 unspecified atom stereocenters. The third-order valence-corrected chi connectivity index (χ3v) is 2.38. The molecule has 1 heterocycles. The Labute approximate surface area is 94.8 Å². The summed E-state index contributed by atoms with van der Waals surface area (Å²) in [5.74, 6) is 0.711. The van der Waals surface area contributed by atoms with E-state index < -0.39 is 0 Å². The Bertz CT molecular complexity index is 574. The van der Waals surface area contributed by atoms with E-state index in [4.69, 9.17) is 5.26 Å². The minimum Gasteiger partial charge on any atom is -0.232 e. The molecular formula is C13H13N3. The van der Waals surface area contributed by atoms with Crippen LogP contribution >= 0.6 is 0 Å². The van der Waals surface area contributed by atoms with Crippen LogP contribution in [-0.2, 0) is 5.41 Å². The Morgan fingerprint density at radius 1 is 1.12 bits per heavy atom.